The number of amides is 1. The average Bonchev–Trinajstić information content (AvgIpc) is 2.65. The van der Waals surface area contributed by atoms with Crippen LogP contribution in [0.4, 0.5) is 0 Å². The highest BCUT2D eigenvalue weighted by atomic mass is 16.4. The quantitative estimate of drug-likeness (QED) is 0.476. The molecule has 8 nitrogen and oxygen atoms in total. The Balaban J connectivity index is 2.67. The summed E-state index contributed by atoms with van der Waals surface area (Å²) in [5.74, 6) is -2.03. The Morgan fingerprint density at radius 1 is 1.60 bits per heavy atom. The number of carboxylic acid groups (broad SMARTS) is 1. The molecule has 0 saturated carbocycles. The Kier molecular flexibility index (Phi) is 3.34. The van der Waals surface area contributed by atoms with Crippen molar-refractivity contribution in [2.75, 3.05) is 0 Å². The predicted molar refractivity (Wildman–Crippen MR) is 47.0 cm³/mol. The van der Waals surface area contributed by atoms with E-state index in [1.165, 1.54) is 6.92 Å². The molecule has 0 saturated heterocycles. The largest absolute Gasteiger partial charge is 0.480 e. The second kappa shape index (κ2) is 4.51. The van der Waals surface area contributed by atoms with Crippen molar-refractivity contribution in [2.24, 2.45) is 0 Å². The van der Waals surface area contributed by atoms with Crippen molar-refractivity contribution in [3.8, 4) is 0 Å². The van der Waals surface area contributed by atoms with Crippen molar-refractivity contribution < 1.29 is 19.8 Å². The highest BCUT2D eigenvalue weighted by Crippen LogP contribution is 1.96. The number of aliphatic carboxylic acids is 1. The summed E-state index contributed by atoms with van der Waals surface area (Å²) >= 11 is 0. The Labute approximate surface area is 84.3 Å². The van der Waals surface area contributed by atoms with Gasteiger partial charge in [0.25, 0.3) is 5.91 Å². The van der Waals surface area contributed by atoms with Gasteiger partial charge in [0.2, 0.25) is 0 Å². The van der Waals surface area contributed by atoms with Crippen LogP contribution in [0.1, 0.15) is 17.4 Å². The van der Waals surface area contributed by atoms with E-state index in [0.29, 0.717) is 0 Å². The van der Waals surface area contributed by atoms with Crippen LogP contribution in [-0.2, 0) is 4.79 Å². The van der Waals surface area contributed by atoms with E-state index >= 15 is 0 Å². The molecule has 4 N–H and O–H groups in total. The highest BCUT2D eigenvalue weighted by molar-refractivity contribution is 5.94. The molecule has 0 aliphatic carbocycles. The van der Waals surface area contributed by atoms with Crippen molar-refractivity contribution in [3.05, 3.63) is 11.9 Å². The second-order valence-corrected chi connectivity index (χ2v) is 2.89. The molecule has 1 amide bonds. The van der Waals surface area contributed by atoms with Crippen LogP contribution in [0.5, 0.6) is 0 Å². The predicted octanol–water partition coefficient (Wildman–Crippen LogP) is -1.63. The number of aliphatic hydroxyl groups is 1. The van der Waals surface area contributed by atoms with Crippen LogP contribution in [0.15, 0.2) is 6.20 Å². The second-order valence-electron chi connectivity index (χ2n) is 2.89. The molecule has 1 aromatic rings. The van der Waals surface area contributed by atoms with E-state index in [1.54, 1.807) is 0 Å². The smallest absolute Gasteiger partial charge is 0.328 e. The fourth-order valence-corrected chi connectivity index (χ4v) is 0.915. The zero-order valence-corrected chi connectivity index (χ0v) is 7.84. The fraction of sp³-hybridized carbons (Fsp3) is 0.429. The van der Waals surface area contributed by atoms with Gasteiger partial charge in [0.05, 0.1) is 12.3 Å². The Hall–Kier alpha value is -1.96. The molecule has 0 spiro atoms. The van der Waals surface area contributed by atoms with Gasteiger partial charge in [-0.25, -0.2) is 4.79 Å². The van der Waals surface area contributed by atoms with Crippen LogP contribution >= 0.6 is 0 Å². The maximum Gasteiger partial charge on any atom is 0.328 e. The number of nitrogens with one attached hydrogen (secondary N) is 2. The number of hydrogen-bond acceptors (Lipinski definition) is 5. The van der Waals surface area contributed by atoms with Crippen molar-refractivity contribution in [2.45, 2.75) is 19.1 Å². The SMILES string of the molecule is C[C@@H](O)[C@H](NC(=O)c1cn[nH]n1)C(=O)O. The first-order chi connectivity index (χ1) is 7.02. The minimum absolute atomic E-state index is 0.0399. The summed E-state index contributed by atoms with van der Waals surface area (Å²) < 4.78 is 0. The lowest BCUT2D eigenvalue weighted by atomic mass is 10.2. The number of hydrogen-bond donors (Lipinski definition) is 4. The third kappa shape index (κ3) is 2.74. The first-order valence-electron chi connectivity index (χ1n) is 4.10. The van der Waals surface area contributed by atoms with Crippen molar-refractivity contribution in [1.29, 1.82) is 0 Å². The van der Waals surface area contributed by atoms with E-state index in [9.17, 15) is 9.59 Å². The minimum Gasteiger partial charge on any atom is -0.480 e. The van der Waals surface area contributed by atoms with Gasteiger partial charge in [0.15, 0.2) is 11.7 Å². The summed E-state index contributed by atoms with van der Waals surface area (Å²) in [5.41, 5.74) is -0.0399. The lowest BCUT2D eigenvalue weighted by Crippen LogP contribution is -2.47. The van der Waals surface area contributed by atoms with Crippen LogP contribution in [0, 0.1) is 0 Å². The number of carbonyl (C=O) groups excluding carboxylic acids is 1. The summed E-state index contributed by atoms with van der Waals surface area (Å²) in [5, 5.41) is 28.9. The molecule has 1 aromatic heterocycles. The molecule has 0 radical (unpaired) electrons. The van der Waals surface area contributed by atoms with Gasteiger partial charge in [0.1, 0.15) is 0 Å². The molecule has 8 heteroatoms. The Morgan fingerprint density at radius 3 is 2.67 bits per heavy atom. The molecule has 82 valence electrons. The number of rotatable bonds is 4. The van der Waals surface area contributed by atoms with E-state index in [2.05, 4.69) is 20.7 Å². The van der Waals surface area contributed by atoms with E-state index < -0.39 is 24.0 Å². The summed E-state index contributed by atoms with van der Waals surface area (Å²) in [4.78, 5) is 21.9. The molecule has 1 heterocycles. The summed E-state index contributed by atoms with van der Waals surface area (Å²) in [6.45, 7) is 1.27. The van der Waals surface area contributed by atoms with E-state index in [4.69, 9.17) is 10.2 Å². The normalized spacial score (nSPS) is 14.3. The third-order valence-corrected chi connectivity index (χ3v) is 1.68. The van der Waals surface area contributed by atoms with Crippen LogP contribution < -0.4 is 5.32 Å². The zero-order valence-electron chi connectivity index (χ0n) is 7.84. The lowest BCUT2D eigenvalue weighted by molar-refractivity contribution is -0.141. The lowest BCUT2D eigenvalue weighted by Gasteiger charge is -2.15. The van der Waals surface area contributed by atoms with Crippen LogP contribution in [-0.4, -0.2) is 49.6 Å². The van der Waals surface area contributed by atoms with Gasteiger partial charge in [0, 0.05) is 0 Å². The van der Waals surface area contributed by atoms with Crippen LogP contribution in [0.3, 0.4) is 0 Å². The maximum atomic E-state index is 11.3. The molecule has 0 aliphatic rings. The Morgan fingerprint density at radius 2 is 2.27 bits per heavy atom. The molecule has 0 bridgehead atoms. The topological polar surface area (TPSA) is 128 Å². The van der Waals surface area contributed by atoms with E-state index in [1.807, 2.05) is 0 Å². The first-order valence-corrected chi connectivity index (χ1v) is 4.10. The van der Waals surface area contributed by atoms with Crippen molar-refractivity contribution >= 4 is 11.9 Å². The molecular weight excluding hydrogens is 204 g/mol. The average molecular weight is 214 g/mol. The number of aromatic amines is 1. The fourth-order valence-electron chi connectivity index (χ4n) is 0.915. The molecule has 0 fully saturated rings. The highest BCUT2D eigenvalue weighted by Gasteiger charge is 2.26. The molecule has 0 unspecified atom stereocenters. The molecule has 1 rings (SSSR count). The maximum absolute atomic E-state index is 11.3. The monoisotopic (exact) mass is 214 g/mol. The molecule has 2 atom stereocenters. The van der Waals surface area contributed by atoms with Gasteiger partial charge in [-0.3, -0.25) is 4.79 Å². The summed E-state index contributed by atoms with van der Waals surface area (Å²) in [6, 6.07) is -1.37. The third-order valence-electron chi connectivity index (χ3n) is 1.68. The number of nitrogens with zero attached hydrogens (tertiary/aromatic N) is 2. The van der Waals surface area contributed by atoms with Crippen molar-refractivity contribution in [3.63, 3.8) is 0 Å². The first kappa shape index (κ1) is 11.1. The number of aromatic nitrogens is 3. The molecule has 0 aliphatic heterocycles. The van der Waals surface area contributed by atoms with Gasteiger partial charge >= 0.3 is 5.97 Å². The number of aliphatic hydroxyl groups excluding tert-OH is 1. The van der Waals surface area contributed by atoms with Crippen LogP contribution in [0.2, 0.25) is 0 Å². The number of carboxylic acids is 1. The molecule has 0 aromatic carbocycles. The number of carbonyl (C=O) groups is 2. The minimum atomic E-state index is -1.37. The van der Waals surface area contributed by atoms with Gasteiger partial charge in [-0.1, -0.05) is 0 Å². The van der Waals surface area contributed by atoms with Gasteiger partial charge in [-0.05, 0) is 6.92 Å². The molecule has 15 heavy (non-hydrogen) atoms. The summed E-state index contributed by atoms with van der Waals surface area (Å²) in [7, 11) is 0. The van der Waals surface area contributed by atoms with E-state index in [0.717, 1.165) is 6.20 Å². The summed E-state index contributed by atoms with van der Waals surface area (Å²) in [6.07, 6.45) is -0.0469. The molecular formula is C7H10N4O4. The van der Waals surface area contributed by atoms with Gasteiger partial charge in [-0.2, -0.15) is 15.4 Å². The van der Waals surface area contributed by atoms with Crippen molar-refractivity contribution in [1.82, 2.24) is 20.7 Å². The van der Waals surface area contributed by atoms with Crippen LogP contribution in [0.25, 0.3) is 0 Å². The Bertz CT molecular complexity index is 348. The van der Waals surface area contributed by atoms with Gasteiger partial charge < -0.3 is 15.5 Å². The van der Waals surface area contributed by atoms with E-state index in [-0.39, 0.29) is 5.69 Å². The zero-order chi connectivity index (χ0) is 11.4. The standard InChI is InChI=1S/C7H10N4O4/c1-3(12)5(7(14)15)9-6(13)4-2-8-11-10-4/h2-3,5,12H,1H3,(H,9,13)(H,14,15)(H,8,10,11)/t3-,5+/m1/s1. The van der Waals surface area contributed by atoms with Gasteiger partial charge in [-0.15, -0.1) is 0 Å². The number of H-pyrrole nitrogens is 1.